The van der Waals surface area contributed by atoms with Crippen LogP contribution in [0, 0.1) is 5.41 Å². The summed E-state index contributed by atoms with van der Waals surface area (Å²) in [5.74, 6) is 0.917. The predicted octanol–water partition coefficient (Wildman–Crippen LogP) is 1.93. The minimum absolute atomic E-state index is 0.341. The van der Waals surface area contributed by atoms with Crippen LogP contribution in [0.3, 0.4) is 0 Å². The van der Waals surface area contributed by atoms with E-state index in [4.69, 9.17) is 9.47 Å². The average Bonchev–Trinajstić information content (AvgIpc) is 2.99. The van der Waals surface area contributed by atoms with E-state index >= 15 is 0 Å². The minimum Gasteiger partial charge on any atom is -0.383 e. The molecule has 0 saturated heterocycles. The van der Waals surface area contributed by atoms with Crippen LogP contribution in [0.15, 0.2) is 4.99 Å². The number of ether oxygens (including phenoxy) is 2. The van der Waals surface area contributed by atoms with Crippen molar-refractivity contribution in [2.24, 2.45) is 10.4 Å². The van der Waals surface area contributed by atoms with Crippen LogP contribution >= 0.6 is 0 Å². The summed E-state index contributed by atoms with van der Waals surface area (Å²) in [6.07, 6.45) is 6.77. The van der Waals surface area contributed by atoms with E-state index in [-0.39, 0.29) is 0 Å². The minimum atomic E-state index is 0.341. The number of aliphatic imine (C=N–C) groups is 1. The molecule has 21 heavy (non-hydrogen) atoms. The average molecular weight is 297 g/mol. The summed E-state index contributed by atoms with van der Waals surface area (Å²) < 4.78 is 11.0. The Morgan fingerprint density at radius 1 is 1.29 bits per heavy atom. The van der Waals surface area contributed by atoms with E-state index in [1.54, 1.807) is 7.11 Å². The monoisotopic (exact) mass is 297 g/mol. The number of methoxy groups -OCH3 is 1. The van der Waals surface area contributed by atoms with Crippen molar-refractivity contribution < 1.29 is 9.47 Å². The Labute approximate surface area is 128 Å². The van der Waals surface area contributed by atoms with Gasteiger partial charge in [-0.3, -0.25) is 4.99 Å². The molecule has 0 aliphatic heterocycles. The zero-order valence-electron chi connectivity index (χ0n) is 13.8. The molecular formula is C16H31N3O2. The molecule has 2 fully saturated rings. The molecule has 1 spiro atoms. The maximum Gasteiger partial charge on any atom is 0.191 e. The third-order valence-corrected chi connectivity index (χ3v) is 4.91. The predicted molar refractivity (Wildman–Crippen MR) is 85.7 cm³/mol. The number of nitrogens with one attached hydrogen (secondary N) is 2. The molecule has 2 unspecified atom stereocenters. The summed E-state index contributed by atoms with van der Waals surface area (Å²) in [6, 6.07) is 0.497. The quantitative estimate of drug-likeness (QED) is 0.428. The van der Waals surface area contributed by atoms with Gasteiger partial charge in [-0.1, -0.05) is 12.8 Å². The smallest absolute Gasteiger partial charge is 0.191 e. The molecule has 0 bridgehead atoms. The lowest BCUT2D eigenvalue weighted by molar-refractivity contribution is -0.125. The van der Waals surface area contributed by atoms with E-state index in [1.165, 1.54) is 25.7 Å². The van der Waals surface area contributed by atoms with E-state index in [9.17, 15) is 0 Å². The van der Waals surface area contributed by atoms with Crippen molar-refractivity contribution in [3.05, 3.63) is 0 Å². The lowest BCUT2D eigenvalue weighted by Gasteiger charge is -2.54. The van der Waals surface area contributed by atoms with Gasteiger partial charge in [-0.15, -0.1) is 0 Å². The SMILES string of the molecule is CCNC(=NCCOC)NC1CC(OCC)C12CCCC2. The molecule has 2 saturated carbocycles. The second-order valence-corrected chi connectivity index (χ2v) is 6.07. The summed E-state index contributed by atoms with van der Waals surface area (Å²) >= 11 is 0. The Morgan fingerprint density at radius 2 is 2.05 bits per heavy atom. The van der Waals surface area contributed by atoms with Gasteiger partial charge < -0.3 is 20.1 Å². The standard InChI is InChI=1S/C16H31N3O2/c1-4-17-15(18-10-11-20-3)19-13-12-14(21-5-2)16(13)8-6-7-9-16/h13-14H,4-12H2,1-3H3,(H2,17,18,19). The van der Waals surface area contributed by atoms with Crippen LogP contribution in [0.4, 0.5) is 0 Å². The first kappa shape index (κ1) is 16.6. The van der Waals surface area contributed by atoms with Gasteiger partial charge in [0.15, 0.2) is 5.96 Å². The van der Waals surface area contributed by atoms with E-state index < -0.39 is 0 Å². The first-order valence-electron chi connectivity index (χ1n) is 8.42. The first-order valence-corrected chi connectivity index (χ1v) is 8.42. The number of hydrogen-bond acceptors (Lipinski definition) is 3. The largest absolute Gasteiger partial charge is 0.383 e. The molecule has 0 radical (unpaired) electrons. The Kier molecular flexibility index (Phi) is 6.30. The maximum atomic E-state index is 5.97. The molecule has 0 amide bonds. The second kappa shape index (κ2) is 7.99. The van der Waals surface area contributed by atoms with E-state index in [0.29, 0.717) is 30.7 Å². The molecule has 2 atom stereocenters. The number of hydrogen-bond donors (Lipinski definition) is 2. The van der Waals surface area contributed by atoms with Crippen molar-refractivity contribution in [2.45, 2.75) is 58.1 Å². The topological polar surface area (TPSA) is 54.9 Å². The molecule has 2 aliphatic rings. The Morgan fingerprint density at radius 3 is 2.67 bits per heavy atom. The lowest BCUT2D eigenvalue weighted by atomic mass is 9.60. The van der Waals surface area contributed by atoms with E-state index in [1.807, 2.05) is 0 Å². The molecule has 5 nitrogen and oxygen atoms in total. The van der Waals surface area contributed by atoms with Gasteiger partial charge in [0.2, 0.25) is 0 Å². The highest BCUT2D eigenvalue weighted by Gasteiger charge is 2.56. The fraction of sp³-hybridized carbons (Fsp3) is 0.938. The first-order chi connectivity index (χ1) is 10.3. The Balaban J connectivity index is 1.95. The van der Waals surface area contributed by atoms with Gasteiger partial charge in [0.1, 0.15) is 0 Å². The van der Waals surface area contributed by atoms with Crippen molar-refractivity contribution in [1.82, 2.24) is 10.6 Å². The van der Waals surface area contributed by atoms with Crippen LogP contribution in [0.5, 0.6) is 0 Å². The summed E-state index contributed by atoms with van der Waals surface area (Å²) in [7, 11) is 1.71. The lowest BCUT2D eigenvalue weighted by Crippen LogP contribution is -2.65. The summed E-state index contributed by atoms with van der Waals surface area (Å²) in [4.78, 5) is 4.58. The van der Waals surface area contributed by atoms with Crippen molar-refractivity contribution in [3.63, 3.8) is 0 Å². The van der Waals surface area contributed by atoms with Crippen molar-refractivity contribution in [2.75, 3.05) is 33.4 Å². The van der Waals surface area contributed by atoms with Crippen molar-refractivity contribution in [1.29, 1.82) is 0 Å². The van der Waals surface area contributed by atoms with Crippen molar-refractivity contribution >= 4 is 5.96 Å². The maximum absolute atomic E-state index is 5.97. The van der Waals surface area contributed by atoms with E-state index in [0.717, 1.165) is 25.5 Å². The summed E-state index contributed by atoms with van der Waals surface area (Å²) in [5, 5.41) is 6.97. The Bertz CT molecular complexity index is 340. The molecule has 2 aliphatic carbocycles. The van der Waals surface area contributed by atoms with Crippen LogP contribution in [-0.4, -0.2) is 51.5 Å². The van der Waals surface area contributed by atoms with Crippen molar-refractivity contribution in [3.8, 4) is 0 Å². The summed E-state index contributed by atoms with van der Waals surface area (Å²) in [5.41, 5.74) is 0.341. The third-order valence-electron chi connectivity index (χ3n) is 4.91. The highest BCUT2D eigenvalue weighted by atomic mass is 16.5. The van der Waals surface area contributed by atoms with Gasteiger partial charge in [-0.05, 0) is 33.1 Å². The van der Waals surface area contributed by atoms with Gasteiger partial charge >= 0.3 is 0 Å². The molecule has 5 heteroatoms. The molecule has 2 N–H and O–H groups in total. The van der Waals surface area contributed by atoms with Crippen LogP contribution < -0.4 is 10.6 Å². The zero-order valence-corrected chi connectivity index (χ0v) is 13.8. The highest BCUT2D eigenvalue weighted by Crippen LogP contribution is 2.54. The fourth-order valence-electron chi connectivity index (χ4n) is 3.82. The molecule has 0 aromatic carbocycles. The molecule has 0 aromatic rings. The molecular weight excluding hydrogens is 266 g/mol. The van der Waals surface area contributed by atoms with Crippen LogP contribution in [0.25, 0.3) is 0 Å². The summed E-state index contributed by atoms with van der Waals surface area (Å²) in [6.45, 7) is 7.26. The molecule has 0 aromatic heterocycles. The zero-order chi connectivity index (χ0) is 15.1. The van der Waals surface area contributed by atoms with Crippen LogP contribution in [-0.2, 0) is 9.47 Å². The molecule has 2 rings (SSSR count). The highest BCUT2D eigenvalue weighted by molar-refractivity contribution is 5.80. The van der Waals surface area contributed by atoms with Gasteiger partial charge in [0.05, 0.1) is 19.3 Å². The van der Waals surface area contributed by atoms with Crippen LogP contribution in [0.1, 0.15) is 46.0 Å². The Hall–Kier alpha value is -0.810. The van der Waals surface area contributed by atoms with Crippen LogP contribution in [0.2, 0.25) is 0 Å². The van der Waals surface area contributed by atoms with Gasteiger partial charge in [-0.25, -0.2) is 0 Å². The number of rotatable bonds is 7. The molecule has 0 heterocycles. The second-order valence-electron chi connectivity index (χ2n) is 6.07. The third kappa shape index (κ3) is 3.69. The fourth-order valence-corrected chi connectivity index (χ4v) is 3.82. The molecule has 122 valence electrons. The number of guanidine groups is 1. The van der Waals surface area contributed by atoms with E-state index in [2.05, 4.69) is 29.5 Å². The van der Waals surface area contributed by atoms with Gasteiger partial charge in [0, 0.05) is 31.7 Å². The van der Waals surface area contributed by atoms with Gasteiger partial charge in [0.25, 0.3) is 0 Å². The normalized spacial score (nSPS) is 27.7. The number of nitrogens with zero attached hydrogens (tertiary/aromatic N) is 1. The van der Waals surface area contributed by atoms with Gasteiger partial charge in [-0.2, -0.15) is 0 Å².